The molecule has 0 aliphatic heterocycles. The van der Waals surface area contributed by atoms with Gasteiger partial charge in [-0.05, 0) is 43.5 Å². The summed E-state index contributed by atoms with van der Waals surface area (Å²) in [5, 5.41) is 2.60. The Balaban J connectivity index is 2.78. The Hall–Kier alpha value is -1.51. The smallest absolute Gasteiger partial charge is 0.260 e. The zero-order valence-corrected chi connectivity index (χ0v) is 10.3. The second-order valence-electron chi connectivity index (χ2n) is 3.88. The van der Waals surface area contributed by atoms with E-state index in [1.807, 2.05) is 32.0 Å². The maximum atomic E-state index is 11.5. The van der Waals surface area contributed by atoms with Crippen molar-refractivity contribution in [3.63, 3.8) is 0 Å². The lowest BCUT2D eigenvalue weighted by atomic mass is 10.1. The van der Waals surface area contributed by atoms with E-state index in [2.05, 4.69) is 12.2 Å². The van der Waals surface area contributed by atoms with Crippen molar-refractivity contribution in [2.24, 2.45) is 0 Å². The van der Waals surface area contributed by atoms with Crippen LogP contribution >= 0.6 is 0 Å². The molecule has 0 fully saturated rings. The molecule has 1 aromatic carbocycles. The lowest BCUT2D eigenvalue weighted by Gasteiger charge is -2.16. The summed E-state index contributed by atoms with van der Waals surface area (Å²) in [6, 6.07) is 5.86. The quantitative estimate of drug-likeness (QED) is 0.846. The molecule has 0 bridgehead atoms. The Morgan fingerprint density at radius 3 is 2.56 bits per heavy atom. The zero-order valence-electron chi connectivity index (χ0n) is 10.3. The van der Waals surface area contributed by atoms with E-state index in [1.54, 1.807) is 7.05 Å². The Morgan fingerprint density at radius 1 is 1.38 bits per heavy atom. The molecule has 3 nitrogen and oxygen atoms in total. The summed E-state index contributed by atoms with van der Waals surface area (Å²) in [5.74, 6) is 0.666. The van der Waals surface area contributed by atoms with Crippen molar-refractivity contribution in [3.05, 3.63) is 29.3 Å². The van der Waals surface area contributed by atoms with Gasteiger partial charge in [0, 0.05) is 7.05 Å². The monoisotopic (exact) mass is 221 g/mol. The molecule has 1 amide bonds. The number of aryl methyl sites for hydroxylation is 2. The van der Waals surface area contributed by atoms with Gasteiger partial charge in [0.1, 0.15) is 5.75 Å². The second-order valence-corrected chi connectivity index (χ2v) is 3.88. The van der Waals surface area contributed by atoms with Crippen LogP contribution in [0.4, 0.5) is 0 Å². The number of amides is 1. The van der Waals surface area contributed by atoms with Crippen molar-refractivity contribution >= 4 is 5.91 Å². The second kappa shape index (κ2) is 5.54. The first-order valence-electron chi connectivity index (χ1n) is 5.54. The molecule has 1 rings (SSSR count). The fourth-order valence-corrected chi connectivity index (χ4v) is 1.43. The van der Waals surface area contributed by atoms with E-state index < -0.39 is 6.10 Å². The summed E-state index contributed by atoms with van der Waals surface area (Å²) in [4.78, 5) is 11.5. The van der Waals surface area contributed by atoms with Gasteiger partial charge in [-0.25, -0.2) is 0 Å². The highest BCUT2D eigenvalue weighted by Gasteiger charge is 2.16. The molecule has 1 atom stereocenters. The minimum atomic E-state index is -0.410. The summed E-state index contributed by atoms with van der Waals surface area (Å²) < 4.78 is 5.64. The minimum absolute atomic E-state index is 0.0827. The highest BCUT2D eigenvalue weighted by Crippen LogP contribution is 2.18. The first-order chi connectivity index (χ1) is 7.58. The Morgan fingerprint density at radius 2 is 2.06 bits per heavy atom. The first-order valence-corrected chi connectivity index (χ1v) is 5.54. The molecule has 88 valence electrons. The van der Waals surface area contributed by atoms with Crippen LogP contribution in [-0.2, 0) is 4.79 Å². The minimum Gasteiger partial charge on any atom is -0.481 e. The predicted molar refractivity (Wildman–Crippen MR) is 64.7 cm³/mol. The van der Waals surface area contributed by atoms with E-state index in [1.165, 1.54) is 11.1 Å². The fourth-order valence-electron chi connectivity index (χ4n) is 1.43. The van der Waals surface area contributed by atoms with E-state index in [9.17, 15) is 4.79 Å². The third kappa shape index (κ3) is 2.99. The highest BCUT2D eigenvalue weighted by atomic mass is 16.5. The molecule has 0 aliphatic carbocycles. The molecule has 16 heavy (non-hydrogen) atoms. The SMILES string of the molecule is CC[C@H](Oc1ccc(C)c(C)c1)C(=O)NC. The number of carbonyl (C=O) groups excluding carboxylic acids is 1. The highest BCUT2D eigenvalue weighted by molar-refractivity contribution is 5.80. The zero-order chi connectivity index (χ0) is 12.1. The number of nitrogens with one attached hydrogen (secondary N) is 1. The average Bonchev–Trinajstić information content (AvgIpc) is 2.29. The van der Waals surface area contributed by atoms with Crippen LogP contribution in [0.2, 0.25) is 0 Å². The van der Waals surface area contributed by atoms with Gasteiger partial charge in [-0.2, -0.15) is 0 Å². The number of benzene rings is 1. The Labute approximate surface area is 96.8 Å². The Bertz CT molecular complexity index is 374. The molecule has 1 aromatic rings. The molecular formula is C13H19NO2. The van der Waals surface area contributed by atoms with Crippen LogP contribution in [0.1, 0.15) is 24.5 Å². The van der Waals surface area contributed by atoms with Crippen molar-refractivity contribution in [2.75, 3.05) is 7.05 Å². The average molecular weight is 221 g/mol. The van der Waals surface area contributed by atoms with Gasteiger partial charge in [0.25, 0.3) is 5.91 Å². The maximum Gasteiger partial charge on any atom is 0.260 e. The first kappa shape index (κ1) is 12.6. The lowest BCUT2D eigenvalue weighted by molar-refractivity contribution is -0.127. The largest absolute Gasteiger partial charge is 0.481 e. The van der Waals surface area contributed by atoms with Gasteiger partial charge in [-0.15, -0.1) is 0 Å². The number of likely N-dealkylation sites (N-methyl/N-ethyl adjacent to an activating group) is 1. The number of rotatable bonds is 4. The number of hydrogen-bond donors (Lipinski definition) is 1. The number of hydrogen-bond acceptors (Lipinski definition) is 2. The van der Waals surface area contributed by atoms with Crippen LogP contribution in [0.15, 0.2) is 18.2 Å². The molecular weight excluding hydrogens is 202 g/mol. The molecule has 0 saturated carbocycles. The summed E-state index contributed by atoms with van der Waals surface area (Å²) in [6.07, 6.45) is 0.249. The number of ether oxygens (including phenoxy) is 1. The molecule has 1 N–H and O–H groups in total. The summed E-state index contributed by atoms with van der Waals surface area (Å²) in [5.41, 5.74) is 2.39. The third-order valence-electron chi connectivity index (χ3n) is 2.67. The van der Waals surface area contributed by atoms with E-state index in [0.717, 1.165) is 5.75 Å². The Kier molecular flexibility index (Phi) is 4.35. The van der Waals surface area contributed by atoms with E-state index >= 15 is 0 Å². The third-order valence-corrected chi connectivity index (χ3v) is 2.67. The van der Waals surface area contributed by atoms with Crippen LogP contribution in [0.3, 0.4) is 0 Å². The van der Waals surface area contributed by atoms with E-state index in [0.29, 0.717) is 6.42 Å². The van der Waals surface area contributed by atoms with E-state index in [4.69, 9.17) is 4.74 Å². The molecule has 0 unspecified atom stereocenters. The van der Waals surface area contributed by atoms with Gasteiger partial charge in [-0.3, -0.25) is 4.79 Å². The number of carbonyl (C=O) groups is 1. The maximum absolute atomic E-state index is 11.5. The van der Waals surface area contributed by atoms with Gasteiger partial charge < -0.3 is 10.1 Å². The fraction of sp³-hybridized carbons (Fsp3) is 0.462. The standard InChI is InChI=1S/C13H19NO2/c1-5-12(13(15)14-4)16-11-7-6-9(2)10(3)8-11/h6-8,12H,5H2,1-4H3,(H,14,15)/t12-/m0/s1. The van der Waals surface area contributed by atoms with Gasteiger partial charge in [0.2, 0.25) is 0 Å². The van der Waals surface area contributed by atoms with E-state index in [-0.39, 0.29) is 5.91 Å². The summed E-state index contributed by atoms with van der Waals surface area (Å²) in [7, 11) is 1.62. The lowest BCUT2D eigenvalue weighted by Crippen LogP contribution is -2.35. The normalized spacial score (nSPS) is 12.0. The van der Waals surface area contributed by atoms with Gasteiger partial charge in [-0.1, -0.05) is 13.0 Å². The van der Waals surface area contributed by atoms with Crippen LogP contribution in [0, 0.1) is 13.8 Å². The van der Waals surface area contributed by atoms with Crippen molar-refractivity contribution in [2.45, 2.75) is 33.3 Å². The summed E-state index contributed by atoms with van der Waals surface area (Å²) >= 11 is 0. The topological polar surface area (TPSA) is 38.3 Å². The van der Waals surface area contributed by atoms with Crippen molar-refractivity contribution in [1.29, 1.82) is 0 Å². The molecule has 0 spiro atoms. The molecule has 0 radical (unpaired) electrons. The van der Waals surface area contributed by atoms with Crippen LogP contribution in [-0.4, -0.2) is 19.1 Å². The van der Waals surface area contributed by atoms with Gasteiger partial charge in [0.05, 0.1) is 0 Å². The molecule has 0 saturated heterocycles. The molecule has 0 aliphatic rings. The van der Waals surface area contributed by atoms with Crippen LogP contribution in [0.25, 0.3) is 0 Å². The summed E-state index contributed by atoms with van der Waals surface area (Å²) in [6.45, 7) is 6.01. The van der Waals surface area contributed by atoms with Gasteiger partial charge >= 0.3 is 0 Å². The predicted octanol–water partition coefficient (Wildman–Crippen LogP) is 2.21. The molecule has 0 aromatic heterocycles. The molecule has 3 heteroatoms. The van der Waals surface area contributed by atoms with Crippen molar-refractivity contribution in [1.82, 2.24) is 5.32 Å². The molecule has 0 heterocycles. The van der Waals surface area contributed by atoms with Crippen LogP contribution < -0.4 is 10.1 Å². The van der Waals surface area contributed by atoms with Crippen molar-refractivity contribution in [3.8, 4) is 5.75 Å². The van der Waals surface area contributed by atoms with Gasteiger partial charge in [0.15, 0.2) is 6.10 Å². The van der Waals surface area contributed by atoms with Crippen molar-refractivity contribution < 1.29 is 9.53 Å². The van der Waals surface area contributed by atoms with Crippen LogP contribution in [0.5, 0.6) is 5.75 Å².